The van der Waals surface area contributed by atoms with Crippen LogP contribution >= 0.6 is 15.9 Å². The second kappa shape index (κ2) is 6.36. The van der Waals surface area contributed by atoms with Gasteiger partial charge in [-0.2, -0.15) is 0 Å². The van der Waals surface area contributed by atoms with E-state index in [4.69, 9.17) is 0 Å². The third-order valence-corrected chi connectivity index (χ3v) is 4.13. The van der Waals surface area contributed by atoms with Gasteiger partial charge in [-0.15, -0.1) is 0 Å². The summed E-state index contributed by atoms with van der Waals surface area (Å²) in [5.74, 6) is 0. The van der Waals surface area contributed by atoms with Crippen LogP contribution in [0.4, 0.5) is 0 Å². The van der Waals surface area contributed by atoms with Gasteiger partial charge in [0.05, 0.1) is 0 Å². The first-order chi connectivity index (χ1) is 8.27. The zero-order valence-corrected chi connectivity index (χ0v) is 12.0. The van der Waals surface area contributed by atoms with E-state index in [0.717, 1.165) is 6.54 Å². The molecule has 0 saturated heterocycles. The molecule has 0 bridgehead atoms. The zero-order chi connectivity index (χ0) is 12.1. The van der Waals surface area contributed by atoms with E-state index in [1.807, 2.05) is 0 Å². The predicted octanol–water partition coefficient (Wildman–Crippen LogP) is 4.60. The molecule has 1 atom stereocenters. The molecule has 1 aromatic carbocycles. The Morgan fingerprint density at radius 2 is 2.18 bits per heavy atom. The molecule has 1 N–H and O–H groups in total. The van der Waals surface area contributed by atoms with Gasteiger partial charge in [-0.1, -0.05) is 45.8 Å². The molecular weight excluding hydrogens is 274 g/mol. The van der Waals surface area contributed by atoms with E-state index in [0.29, 0.717) is 6.04 Å². The third kappa shape index (κ3) is 3.68. The molecule has 0 spiro atoms. The highest BCUT2D eigenvalue weighted by atomic mass is 79.9. The predicted molar refractivity (Wildman–Crippen MR) is 77.1 cm³/mol. The molecule has 2 rings (SSSR count). The molecule has 0 saturated carbocycles. The molecule has 0 amide bonds. The number of hydrogen-bond donors (Lipinski definition) is 1. The minimum Gasteiger partial charge on any atom is -0.310 e. The largest absolute Gasteiger partial charge is 0.310 e. The van der Waals surface area contributed by atoms with Gasteiger partial charge in [0.2, 0.25) is 0 Å². The van der Waals surface area contributed by atoms with Gasteiger partial charge in [-0.25, -0.2) is 0 Å². The van der Waals surface area contributed by atoms with Gasteiger partial charge >= 0.3 is 0 Å². The normalized spacial score (nSPS) is 16.9. The van der Waals surface area contributed by atoms with Crippen LogP contribution in [0.5, 0.6) is 0 Å². The summed E-state index contributed by atoms with van der Waals surface area (Å²) < 4.78 is 1.19. The lowest BCUT2D eigenvalue weighted by atomic mass is 10.1. The standard InChI is InChI=1S/C15H20BrN/c1-12(14-8-4-5-9-15(14)16)17-11-10-13-6-2-3-7-13/h4-6,8-9,12,17H,2-3,7,10-11H2,1H3. The minimum absolute atomic E-state index is 0.410. The fourth-order valence-corrected chi connectivity index (χ4v) is 2.98. The van der Waals surface area contributed by atoms with Crippen LogP contribution in [0.25, 0.3) is 0 Å². The number of rotatable bonds is 5. The van der Waals surface area contributed by atoms with Gasteiger partial charge < -0.3 is 5.32 Å². The average molecular weight is 294 g/mol. The van der Waals surface area contributed by atoms with E-state index in [9.17, 15) is 0 Å². The maximum atomic E-state index is 3.60. The maximum Gasteiger partial charge on any atom is 0.0303 e. The fourth-order valence-electron chi connectivity index (χ4n) is 2.35. The Morgan fingerprint density at radius 3 is 2.88 bits per heavy atom. The molecule has 1 unspecified atom stereocenters. The van der Waals surface area contributed by atoms with E-state index in [-0.39, 0.29) is 0 Å². The van der Waals surface area contributed by atoms with E-state index in [1.54, 1.807) is 5.57 Å². The Hall–Kier alpha value is -0.600. The van der Waals surface area contributed by atoms with Crippen molar-refractivity contribution in [3.63, 3.8) is 0 Å². The van der Waals surface area contributed by atoms with Crippen molar-refractivity contribution in [2.24, 2.45) is 0 Å². The molecule has 0 aromatic heterocycles. The Labute approximate surface area is 112 Å². The first-order valence-corrected chi connectivity index (χ1v) is 7.22. The van der Waals surface area contributed by atoms with Crippen LogP contribution in [0.15, 0.2) is 40.4 Å². The van der Waals surface area contributed by atoms with Crippen molar-refractivity contribution in [3.8, 4) is 0 Å². The van der Waals surface area contributed by atoms with Crippen molar-refractivity contribution >= 4 is 15.9 Å². The third-order valence-electron chi connectivity index (χ3n) is 3.40. The smallest absolute Gasteiger partial charge is 0.0303 e. The van der Waals surface area contributed by atoms with E-state index < -0.39 is 0 Å². The molecule has 1 nitrogen and oxygen atoms in total. The first kappa shape index (κ1) is 12.8. The highest BCUT2D eigenvalue weighted by Gasteiger charge is 2.09. The topological polar surface area (TPSA) is 12.0 Å². The molecular formula is C15H20BrN. The van der Waals surface area contributed by atoms with Crippen molar-refractivity contribution < 1.29 is 0 Å². The van der Waals surface area contributed by atoms with E-state index in [2.05, 4.69) is 58.5 Å². The van der Waals surface area contributed by atoms with Gasteiger partial charge in [0.1, 0.15) is 0 Å². The summed E-state index contributed by atoms with van der Waals surface area (Å²) in [6, 6.07) is 8.85. The SMILES string of the molecule is CC(NCCC1=CCCC1)c1ccccc1Br. The molecule has 2 heteroatoms. The molecule has 92 valence electrons. The molecule has 1 aliphatic carbocycles. The van der Waals surface area contributed by atoms with Crippen molar-refractivity contribution in [3.05, 3.63) is 46.0 Å². The van der Waals surface area contributed by atoms with Crippen LogP contribution in [-0.2, 0) is 0 Å². The summed E-state index contributed by atoms with van der Waals surface area (Å²) in [6.45, 7) is 3.30. The Bertz CT molecular complexity index is 398. The molecule has 1 aliphatic rings. The van der Waals surface area contributed by atoms with Crippen LogP contribution in [-0.4, -0.2) is 6.54 Å². The number of halogens is 1. The van der Waals surface area contributed by atoms with Crippen LogP contribution in [0.3, 0.4) is 0 Å². The lowest BCUT2D eigenvalue weighted by Crippen LogP contribution is -2.20. The van der Waals surface area contributed by atoms with Gasteiger partial charge in [0.25, 0.3) is 0 Å². The minimum atomic E-state index is 0.410. The first-order valence-electron chi connectivity index (χ1n) is 6.43. The quantitative estimate of drug-likeness (QED) is 0.783. The lowest BCUT2D eigenvalue weighted by Gasteiger charge is -2.16. The van der Waals surface area contributed by atoms with Gasteiger partial charge in [0, 0.05) is 10.5 Å². The summed E-state index contributed by atoms with van der Waals surface area (Å²) in [7, 11) is 0. The van der Waals surface area contributed by atoms with E-state index >= 15 is 0 Å². The Kier molecular flexibility index (Phi) is 4.81. The van der Waals surface area contributed by atoms with Crippen LogP contribution in [0, 0.1) is 0 Å². The Balaban J connectivity index is 1.81. The number of allylic oxidation sites excluding steroid dienone is 1. The van der Waals surface area contributed by atoms with Crippen molar-refractivity contribution in [1.29, 1.82) is 0 Å². The zero-order valence-electron chi connectivity index (χ0n) is 10.4. The second-order valence-electron chi connectivity index (χ2n) is 4.70. The van der Waals surface area contributed by atoms with Crippen LogP contribution in [0.2, 0.25) is 0 Å². The van der Waals surface area contributed by atoms with Gasteiger partial charge in [-0.05, 0) is 50.8 Å². The van der Waals surface area contributed by atoms with Crippen molar-refractivity contribution in [2.45, 2.75) is 38.6 Å². The highest BCUT2D eigenvalue weighted by molar-refractivity contribution is 9.10. The summed E-state index contributed by atoms with van der Waals surface area (Å²) in [5, 5.41) is 3.60. The molecule has 0 aliphatic heterocycles. The summed E-state index contributed by atoms with van der Waals surface area (Å²) in [5.41, 5.74) is 2.98. The van der Waals surface area contributed by atoms with Gasteiger partial charge in [0.15, 0.2) is 0 Å². The average Bonchev–Trinajstić information content (AvgIpc) is 2.82. The van der Waals surface area contributed by atoms with Crippen LogP contribution < -0.4 is 5.32 Å². The second-order valence-corrected chi connectivity index (χ2v) is 5.56. The maximum absolute atomic E-state index is 3.60. The lowest BCUT2D eigenvalue weighted by molar-refractivity contribution is 0.571. The van der Waals surface area contributed by atoms with E-state index in [1.165, 1.54) is 35.7 Å². The molecule has 0 radical (unpaired) electrons. The molecule has 17 heavy (non-hydrogen) atoms. The fraction of sp³-hybridized carbons (Fsp3) is 0.467. The number of benzene rings is 1. The molecule has 1 aromatic rings. The molecule has 0 heterocycles. The number of hydrogen-bond acceptors (Lipinski definition) is 1. The van der Waals surface area contributed by atoms with Crippen molar-refractivity contribution in [2.75, 3.05) is 6.54 Å². The van der Waals surface area contributed by atoms with Crippen LogP contribution in [0.1, 0.15) is 44.2 Å². The van der Waals surface area contributed by atoms with Gasteiger partial charge in [-0.3, -0.25) is 0 Å². The number of nitrogens with one attached hydrogen (secondary N) is 1. The summed E-state index contributed by atoms with van der Waals surface area (Å²) in [4.78, 5) is 0. The Morgan fingerprint density at radius 1 is 1.35 bits per heavy atom. The van der Waals surface area contributed by atoms with Crippen molar-refractivity contribution in [1.82, 2.24) is 5.32 Å². The summed E-state index contributed by atoms with van der Waals surface area (Å²) in [6.07, 6.45) is 7.56. The monoisotopic (exact) mass is 293 g/mol. The highest BCUT2D eigenvalue weighted by Crippen LogP contribution is 2.23. The molecule has 0 fully saturated rings. The summed E-state index contributed by atoms with van der Waals surface area (Å²) >= 11 is 3.60.